The molecule has 1 aliphatic heterocycles. The van der Waals surface area contributed by atoms with Crippen LogP contribution in [0.4, 0.5) is 5.69 Å². The van der Waals surface area contributed by atoms with Gasteiger partial charge >= 0.3 is 0 Å². The van der Waals surface area contributed by atoms with Crippen molar-refractivity contribution in [3.63, 3.8) is 0 Å². The molecule has 0 spiro atoms. The Morgan fingerprint density at radius 3 is 3.06 bits per heavy atom. The van der Waals surface area contributed by atoms with Crippen molar-refractivity contribution in [1.82, 2.24) is 9.88 Å². The summed E-state index contributed by atoms with van der Waals surface area (Å²) in [7, 11) is 0. The summed E-state index contributed by atoms with van der Waals surface area (Å²) in [4.78, 5) is 23.6. The molecule has 0 bridgehead atoms. The molecule has 5 heteroatoms. The zero-order valence-electron chi connectivity index (χ0n) is 9.69. The first-order valence-corrected chi connectivity index (χ1v) is 5.89. The molecule has 1 atom stereocenters. The number of hydrogen-bond acceptors (Lipinski definition) is 4. The largest absolute Gasteiger partial charge is 0.394 e. The second kappa shape index (κ2) is 5.14. The van der Waals surface area contributed by atoms with Gasteiger partial charge in [0.2, 0.25) is 0 Å². The molecule has 1 aliphatic rings. The Labute approximate surface area is 99.6 Å². The lowest BCUT2D eigenvalue weighted by molar-refractivity contribution is -0.122. The van der Waals surface area contributed by atoms with Crippen molar-refractivity contribution in [3.8, 4) is 0 Å². The van der Waals surface area contributed by atoms with Crippen LogP contribution in [0.15, 0.2) is 23.1 Å². The van der Waals surface area contributed by atoms with Gasteiger partial charge < -0.3 is 15.6 Å². The third kappa shape index (κ3) is 2.74. The van der Waals surface area contributed by atoms with Gasteiger partial charge in [-0.1, -0.05) is 6.42 Å². The van der Waals surface area contributed by atoms with E-state index >= 15 is 0 Å². The minimum absolute atomic E-state index is 0.0531. The Morgan fingerprint density at radius 2 is 2.35 bits per heavy atom. The number of aromatic nitrogens is 1. The zero-order chi connectivity index (χ0) is 12.3. The lowest BCUT2D eigenvalue weighted by Gasteiger charge is -2.22. The molecule has 1 aromatic rings. The van der Waals surface area contributed by atoms with Gasteiger partial charge in [-0.3, -0.25) is 9.59 Å². The molecule has 17 heavy (non-hydrogen) atoms. The monoisotopic (exact) mass is 235 g/mol. The van der Waals surface area contributed by atoms with Gasteiger partial charge in [0.1, 0.15) is 0 Å². The average molecular weight is 235 g/mol. The Balaban J connectivity index is 2.07. The smallest absolute Gasteiger partial charge is 0.274 e. The van der Waals surface area contributed by atoms with Gasteiger partial charge in [0, 0.05) is 6.20 Å². The highest BCUT2D eigenvalue weighted by Crippen LogP contribution is 2.08. The van der Waals surface area contributed by atoms with E-state index in [1.807, 2.05) is 0 Å². The lowest BCUT2D eigenvalue weighted by atomic mass is 10.0. The van der Waals surface area contributed by atoms with Crippen LogP contribution < -0.4 is 16.6 Å². The highest BCUT2D eigenvalue weighted by Gasteiger charge is 2.20. The summed E-state index contributed by atoms with van der Waals surface area (Å²) < 4.78 is 1.37. The van der Waals surface area contributed by atoms with E-state index in [-0.39, 0.29) is 29.6 Å². The Morgan fingerprint density at radius 1 is 1.53 bits per heavy atom. The number of nitrogens with two attached hydrogens (primary N) is 1. The predicted octanol–water partition coefficient (Wildman–Crippen LogP) is 0.142. The van der Waals surface area contributed by atoms with Crippen LogP contribution >= 0.6 is 0 Å². The zero-order valence-corrected chi connectivity index (χ0v) is 9.69. The third-order valence-electron chi connectivity index (χ3n) is 3.07. The van der Waals surface area contributed by atoms with E-state index in [1.54, 1.807) is 18.3 Å². The van der Waals surface area contributed by atoms with E-state index in [0.717, 1.165) is 25.8 Å². The molecule has 2 rings (SSSR count). The molecule has 0 aromatic carbocycles. The maximum atomic E-state index is 12.0. The SMILES string of the molecule is Nc1cccn(CC(=O)C2CCCCN2)c1=O. The van der Waals surface area contributed by atoms with Crippen LogP contribution in [-0.4, -0.2) is 22.9 Å². The van der Waals surface area contributed by atoms with E-state index in [2.05, 4.69) is 5.32 Å². The molecule has 0 aliphatic carbocycles. The first-order valence-electron chi connectivity index (χ1n) is 5.89. The summed E-state index contributed by atoms with van der Waals surface area (Å²) in [5.74, 6) is 0.0531. The second-order valence-electron chi connectivity index (χ2n) is 4.37. The van der Waals surface area contributed by atoms with Gasteiger partial charge in [-0.2, -0.15) is 0 Å². The number of piperidine rings is 1. The fourth-order valence-corrected chi connectivity index (χ4v) is 2.08. The van der Waals surface area contributed by atoms with Crippen molar-refractivity contribution in [2.24, 2.45) is 0 Å². The summed E-state index contributed by atoms with van der Waals surface area (Å²) in [5.41, 5.74) is 5.40. The van der Waals surface area contributed by atoms with Crippen LogP contribution in [0.3, 0.4) is 0 Å². The summed E-state index contributed by atoms with van der Waals surface area (Å²) in [6, 6.07) is 3.11. The first kappa shape index (κ1) is 11.9. The van der Waals surface area contributed by atoms with E-state index in [9.17, 15) is 9.59 Å². The van der Waals surface area contributed by atoms with Crippen molar-refractivity contribution in [1.29, 1.82) is 0 Å². The van der Waals surface area contributed by atoms with Gasteiger partial charge in [0.25, 0.3) is 5.56 Å². The normalized spacial score (nSPS) is 20.1. The van der Waals surface area contributed by atoms with Crippen molar-refractivity contribution in [2.75, 3.05) is 12.3 Å². The van der Waals surface area contributed by atoms with Crippen molar-refractivity contribution in [2.45, 2.75) is 31.8 Å². The molecule has 1 aromatic heterocycles. The molecule has 2 heterocycles. The molecule has 1 fully saturated rings. The summed E-state index contributed by atoms with van der Waals surface area (Å²) in [6.07, 6.45) is 4.63. The van der Waals surface area contributed by atoms with Crippen LogP contribution in [0.2, 0.25) is 0 Å². The quantitative estimate of drug-likeness (QED) is 0.781. The number of carbonyl (C=O) groups excluding carboxylic acids is 1. The van der Waals surface area contributed by atoms with Crippen LogP contribution in [0.1, 0.15) is 19.3 Å². The van der Waals surface area contributed by atoms with Crippen LogP contribution in [0.25, 0.3) is 0 Å². The molecular formula is C12H17N3O2. The highest BCUT2D eigenvalue weighted by molar-refractivity contribution is 5.83. The number of ketones is 1. The van der Waals surface area contributed by atoms with Crippen molar-refractivity contribution < 1.29 is 4.79 Å². The standard InChI is InChI=1S/C12H17N3O2/c13-9-4-3-7-15(12(9)17)8-11(16)10-5-1-2-6-14-10/h3-4,7,10,14H,1-2,5-6,8,13H2. The van der Waals surface area contributed by atoms with Gasteiger partial charge in [-0.25, -0.2) is 0 Å². The number of Topliss-reactive ketones (excluding diaryl/α,β-unsaturated/α-hetero) is 1. The minimum atomic E-state index is -0.295. The van der Waals surface area contributed by atoms with E-state index in [4.69, 9.17) is 5.73 Å². The molecule has 0 amide bonds. The Kier molecular flexibility index (Phi) is 3.58. The maximum Gasteiger partial charge on any atom is 0.274 e. The summed E-state index contributed by atoms with van der Waals surface area (Å²) in [6.45, 7) is 0.976. The third-order valence-corrected chi connectivity index (χ3v) is 3.07. The Hall–Kier alpha value is -1.62. The lowest BCUT2D eigenvalue weighted by Crippen LogP contribution is -2.43. The van der Waals surface area contributed by atoms with E-state index in [1.165, 1.54) is 4.57 Å². The number of nitrogen functional groups attached to an aromatic ring is 1. The van der Waals surface area contributed by atoms with E-state index in [0.29, 0.717) is 0 Å². The second-order valence-corrected chi connectivity index (χ2v) is 4.37. The minimum Gasteiger partial charge on any atom is -0.394 e. The number of nitrogens with zero attached hydrogens (tertiary/aromatic N) is 1. The van der Waals surface area contributed by atoms with Crippen molar-refractivity contribution >= 4 is 11.5 Å². The molecule has 1 saturated heterocycles. The summed E-state index contributed by atoms with van der Waals surface area (Å²) >= 11 is 0. The molecule has 3 N–H and O–H groups in total. The van der Waals surface area contributed by atoms with Crippen LogP contribution in [0, 0.1) is 0 Å². The molecular weight excluding hydrogens is 218 g/mol. The molecule has 0 saturated carbocycles. The van der Waals surface area contributed by atoms with Gasteiger partial charge in [0.15, 0.2) is 5.78 Å². The van der Waals surface area contributed by atoms with Crippen LogP contribution in [-0.2, 0) is 11.3 Å². The number of hydrogen-bond donors (Lipinski definition) is 2. The van der Waals surface area contributed by atoms with Gasteiger partial charge in [0.05, 0.1) is 18.3 Å². The van der Waals surface area contributed by atoms with E-state index < -0.39 is 0 Å². The number of pyridine rings is 1. The van der Waals surface area contributed by atoms with Gasteiger partial charge in [-0.05, 0) is 31.5 Å². The van der Waals surface area contributed by atoms with Crippen molar-refractivity contribution in [3.05, 3.63) is 28.7 Å². The molecule has 0 radical (unpaired) electrons. The number of rotatable bonds is 3. The van der Waals surface area contributed by atoms with Crippen LogP contribution in [0.5, 0.6) is 0 Å². The molecule has 5 nitrogen and oxygen atoms in total. The molecule has 1 unspecified atom stereocenters. The maximum absolute atomic E-state index is 12.0. The number of nitrogens with one attached hydrogen (secondary N) is 1. The number of anilines is 1. The predicted molar refractivity (Wildman–Crippen MR) is 65.8 cm³/mol. The fraction of sp³-hybridized carbons (Fsp3) is 0.500. The first-order chi connectivity index (χ1) is 8.18. The highest BCUT2D eigenvalue weighted by atomic mass is 16.1. The molecule has 92 valence electrons. The summed E-state index contributed by atoms with van der Waals surface area (Å²) in [5, 5.41) is 3.18. The topological polar surface area (TPSA) is 77.1 Å². The average Bonchev–Trinajstić information content (AvgIpc) is 2.36. The Bertz CT molecular complexity index is 461. The fourth-order valence-electron chi connectivity index (χ4n) is 2.08. The number of carbonyl (C=O) groups is 1. The van der Waals surface area contributed by atoms with Gasteiger partial charge in [-0.15, -0.1) is 0 Å².